The van der Waals surface area contributed by atoms with Crippen LogP contribution in [0.1, 0.15) is 48.5 Å². The molecule has 2 aromatic rings. The molecule has 2 aliphatic heterocycles. The summed E-state index contributed by atoms with van der Waals surface area (Å²) in [5, 5.41) is 3.71. The maximum atomic E-state index is 11.3. The van der Waals surface area contributed by atoms with Gasteiger partial charge < -0.3 is 15.8 Å². The van der Waals surface area contributed by atoms with E-state index in [1.807, 2.05) is 30.3 Å². The summed E-state index contributed by atoms with van der Waals surface area (Å²) >= 11 is 0. The van der Waals surface area contributed by atoms with Crippen molar-refractivity contribution in [2.24, 2.45) is 11.7 Å². The molecule has 3 N–H and O–H groups in total. The van der Waals surface area contributed by atoms with Crippen LogP contribution in [0.2, 0.25) is 0 Å². The molecule has 2 aliphatic rings. The minimum atomic E-state index is -0.756. The Morgan fingerprint density at radius 1 is 1.00 bits per heavy atom. The van der Waals surface area contributed by atoms with E-state index >= 15 is 0 Å². The Bertz CT molecular complexity index is 732. The highest BCUT2D eigenvalue weighted by molar-refractivity contribution is 5.65. The van der Waals surface area contributed by atoms with Gasteiger partial charge in [-0.1, -0.05) is 54.6 Å². The van der Waals surface area contributed by atoms with E-state index in [9.17, 15) is 4.79 Å². The second kappa shape index (κ2) is 7.50. The highest BCUT2D eigenvalue weighted by Gasteiger charge is 2.33. The van der Waals surface area contributed by atoms with Gasteiger partial charge in [0.05, 0.1) is 0 Å². The molecule has 2 heterocycles. The standard InChI is InChI=1S/C22H26N2O2/c23-22(25)26-21(17-4-2-1-3-5-17)18-8-6-15(7-9-18)12-16-13-19-10-11-20(14-16)24-19/h1-9,16,19-21,24H,10-14H2,(H2,23,25). The van der Waals surface area contributed by atoms with Crippen molar-refractivity contribution in [2.75, 3.05) is 0 Å². The Labute approximate surface area is 154 Å². The molecule has 2 aromatic carbocycles. The summed E-state index contributed by atoms with van der Waals surface area (Å²) in [4.78, 5) is 11.3. The third kappa shape index (κ3) is 3.91. The van der Waals surface area contributed by atoms with Crippen LogP contribution in [-0.4, -0.2) is 18.2 Å². The number of ether oxygens (including phenoxy) is 1. The number of rotatable bonds is 5. The maximum absolute atomic E-state index is 11.3. The SMILES string of the molecule is NC(=O)OC(c1ccccc1)c1ccc(CC2CC3CCC(C2)N3)cc1. The van der Waals surface area contributed by atoms with Crippen molar-refractivity contribution in [3.8, 4) is 0 Å². The van der Waals surface area contributed by atoms with E-state index in [2.05, 4.69) is 29.6 Å². The van der Waals surface area contributed by atoms with Gasteiger partial charge in [0.2, 0.25) is 0 Å². The predicted octanol–water partition coefficient (Wildman–Crippen LogP) is 3.94. The largest absolute Gasteiger partial charge is 0.437 e. The van der Waals surface area contributed by atoms with E-state index in [0.717, 1.165) is 35.5 Å². The second-order valence-corrected chi connectivity index (χ2v) is 7.65. The van der Waals surface area contributed by atoms with E-state index < -0.39 is 12.2 Å². The molecule has 0 spiro atoms. The van der Waals surface area contributed by atoms with Crippen molar-refractivity contribution in [1.29, 1.82) is 0 Å². The van der Waals surface area contributed by atoms with Crippen molar-refractivity contribution in [3.05, 3.63) is 71.3 Å². The third-order valence-electron chi connectivity index (χ3n) is 5.71. The predicted molar refractivity (Wildman–Crippen MR) is 102 cm³/mol. The lowest BCUT2D eigenvalue weighted by atomic mass is 9.86. The number of primary amides is 1. The molecule has 0 aliphatic carbocycles. The molecule has 3 unspecified atom stereocenters. The van der Waals surface area contributed by atoms with Crippen LogP contribution in [0.25, 0.3) is 0 Å². The van der Waals surface area contributed by atoms with Crippen molar-refractivity contribution < 1.29 is 9.53 Å². The number of carbonyl (C=O) groups excluding carboxylic acids is 1. The van der Waals surface area contributed by atoms with Gasteiger partial charge in [0, 0.05) is 12.1 Å². The summed E-state index contributed by atoms with van der Waals surface area (Å²) in [6, 6.07) is 19.6. The second-order valence-electron chi connectivity index (χ2n) is 7.65. The molecule has 136 valence electrons. The lowest BCUT2D eigenvalue weighted by Gasteiger charge is -2.29. The summed E-state index contributed by atoms with van der Waals surface area (Å²) in [5.74, 6) is 0.770. The molecule has 26 heavy (non-hydrogen) atoms. The zero-order valence-corrected chi connectivity index (χ0v) is 14.9. The Kier molecular flexibility index (Phi) is 4.93. The third-order valence-corrected chi connectivity index (χ3v) is 5.71. The van der Waals surface area contributed by atoms with Crippen molar-refractivity contribution >= 4 is 6.09 Å². The molecule has 1 amide bonds. The van der Waals surface area contributed by atoms with Crippen molar-refractivity contribution in [3.63, 3.8) is 0 Å². The van der Waals surface area contributed by atoms with E-state index in [1.165, 1.54) is 31.2 Å². The van der Waals surface area contributed by atoms with Crippen LogP contribution in [0.15, 0.2) is 54.6 Å². The topological polar surface area (TPSA) is 64.4 Å². The van der Waals surface area contributed by atoms with Gasteiger partial charge in [-0.3, -0.25) is 0 Å². The van der Waals surface area contributed by atoms with Crippen LogP contribution in [0.5, 0.6) is 0 Å². The number of nitrogens with one attached hydrogen (secondary N) is 1. The average Bonchev–Trinajstić information content (AvgIpc) is 2.99. The van der Waals surface area contributed by atoms with Crippen LogP contribution in [-0.2, 0) is 11.2 Å². The molecule has 3 atom stereocenters. The fourth-order valence-corrected chi connectivity index (χ4v) is 4.58. The highest BCUT2D eigenvalue weighted by atomic mass is 16.6. The number of hydrogen-bond acceptors (Lipinski definition) is 3. The van der Waals surface area contributed by atoms with Gasteiger partial charge in [-0.05, 0) is 54.7 Å². The first-order chi connectivity index (χ1) is 12.7. The molecule has 0 saturated carbocycles. The number of hydrogen-bond donors (Lipinski definition) is 2. The Morgan fingerprint density at radius 3 is 2.23 bits per heavy atom. The first-order valence-electron chi connectivity index (χ1n) is 9.53. The van der Waals surface area contributed by atoms with Gasteiger partial charge in [-0.25, -0.2) is 4.79 Å². The zero-order valence-electron chi connectivity index (χ0n) is 14.9. The van der Waals surface area contributed by atoms with E-state index in [0.29, 0.717) is 0 Å². The van der Waals surface area contributed by atoms with Crippen molar-refractivity contribution in [2.45, 2.75) is 50.3 Å². The van der Waals surface area contributed by atoms with Gasteiger partial charge in [0.25, 0.3) is 0 Å². The van der Waals surface area contributed by atoms with E-state index in [1.54, 1.807) is 0 Å². The van der Waals surface area contributed by atoms with E-state index in [-0.39, 0.29) is 0 Å². The number of nitrogens with two attached hydrogens (primary N) is 1. The van der Waals surface area contributed by atoms with Crippen LogP contribution in [0.4, 0.5) is 4.79 Å². The summed E-state index contributed by atoms with van der Waals surface area (Å²) in [6.45, 7) is 0. The number of benzene rings is 2. The van der Waals surface area contributed by atoms with Gasteiger partial charge in [0.1, 0.15) is 0 Å². The normalized spacial score (nSPS) is 25.6. The number of amides is 1. The Hall–Kier alpha value is -2.33. The molecule has 2 saturated heterocycles. The summed E-state index contributed by atoms with van der Waals surface area (Å²) in [7, 11) is 0. The lowest BCUT2D eigenvalue weighted by Crippen LogP contribution is -2.38. The molecular weight excluding hydrogens is 324 g/mol. The Balaban J connectivity index is 1.47. The minimum Gasteiger partial charge on any atom is -0.437 e. The first kappa shape index (κ1) is 17.1. The molecule has 2 bridgehead atoms. The summed E-state index contributed by atoms with van der Waals surface area (Å²) in [6.07, 6.45) is 5.16. The van der Waals surface area contributed by atoms with Crippen LogP contribution >= 0.6 is 0 Å². The van der Waals surface area contributed by atoms with Crippen LogP contribution in [0.3, 0.4) is 0 Å². The van der Waals surface area contributed by atoms with E-state index in [4.69, 9.17) is 10.5 Å². The highest BCUT2D eigenvalue weighted by Crippen LogP contribution is 2.33. The number of carbonyl (C=O) groups is 1. The average molecular weight is 350 g/mol. The number of piperidine rings is 1. The molecule has 4 rings (SSSR count). The maximum Gasteiger partial charge on any atom is 0.405 e. The minimum absolute atomic E-state index is 0.461. The van der Waals surface area contributed by atoms with Crippen molar-refractivity contribution in [1.82, 2.24) is 5.32 Å². The summed E-state index contributed by atoms with van der Waals surface area (Å²) in [5.41, 5.74) is 8.51. The Morgan fingerprint density at radius 2 is 1.62 bits per heavy atom. The smallest absolute Gasteiger partial charge is 0.405 e. The van der Waals surface area contributed by atoms with Gasteiger partial charge >= 0.3 is 6.09 Å². The fraction of sp³-hybridized carbons (Fsp3) is 0.409. The van der Waals surface area contributed by atoms with Crippen LogP contribution < -0.4 is 11.1 Å². The summed E-state index contributed by atoms with van der Waals surface area (Å²) < 4.78 is 5.38. The molecule has 4 heteroatoms. The zero-order chi connectivity index (χ0) is 17.9. The number of fused-ring (bicyclic) bond motifs is 2. The quantitative estimate of drug-likeness (QED) is 0.858. The molecule has 4 nitrogen and oxygen atoms in total. The fourth-order valence-electron chi connectivity index (χ4n) is 4.58. The molecular formula is C22H26N2O2. The lowest BCUT2D eigenvalue weighted by molar-refractivity contribution is 0.126. The monoisotopic (exact) mass is 350 g/mol. The van der Waals surface area contributed by atoms with Crippen LogP contribution in [0, 0.1) is 5.92 Å². The van der Waals surface area contributed by atoms with Gasteiger partial charge in [-0.2, -0.15) is 0 Å². The van der Waals surface area contributed by atoms with Gasteiger partial charge in [0.15, 0.2) is 6.10 Å². The molecule has 0 aromatic heterocycles. The molecule has 2 fully saturated rings. The first-order valence-corrected chi connectivity index (χ1v) is 9.53. The molecule has 0 radical (unpaired) electrons. The van der Waals surface area contributed by atoms with Gasteiger partial charge in [-0.15, -0.1) is 0 Å².